The molecular formula is C22H38N2O6S. The molecule has 31 heavy (non-hydrogen) atoms. The SMILES string of the molecule is COc1ccc(S(=O)(=O)N(CCCN(C(=O)OC(C)(C)C)C(C)(C)O)CC(C)C)cc1. The van der Waals surface area contributed by atoms with Crippen molar-refractivity contribution in [3.63, 3.8) is 0 Å². The van der Waals surface area contributed by atoms with Crippen molar-refractivity contribution in [1.82, 2.24) is 9.21 Å². The first-order valence-electron chi connectivity index (χ1n) is 10.4. The van der Waals surface area contributed by atoms with Crippen LogP contribution in [0.1, 0.15) is 54.9 Å². The highest BCUT2D eigenvalue weighted by molar-refractivity contribution is 7.89. The van der Waals surface area contributed by atoms with Gasteiger partial charge in [-0.05, 0) is 71.2 Å². The highest BCUT2D eigenvalue weighted by Gasteiger charge is 2.33. The summed E-state index contributed by atoms with van der Waals surface area (Å²) in [5.74, 6) is 0.691. The van der Waals surface area contributed by atoms with Crippen LogP contribution in [0.2, 0.25) is 0 Å². The molecule has 9 heteroatoms. The summed E-state index contributed by atoms with van der Waals surface area (Å²) in [6.45, 7) is 12.8. The van der Waals surface area contributed by atoms with Gasteiger partial charge in [-0.15, -0.1) is 0 Å². The Morgan fingerprint density at radius 2 is 1.61 bits per heavy atom. The molecule has 0 fully saturated rings. The molecule has 0 aliphatic rings. The van der Waals surface area contributed by atoms with Gasteiger partial charge < -0.3 is 14.6 Å². The van der Waals surface area contributed by atoms with Gasteiger partial charge in [0.1, 0.15) is 17.1 Å². The summed E-state index contributed by atoms with van der Waals surface area (Å²) in [5, 5.41) is 10.4. The molecule has 0 spiro atoms. The molecule has 1 aromatic rings. The van der Waals surface area contributed by atoms with Crippen molar-refractivity contribution in [2.45, 2.75) is 71.1 Å². The monoisotopic (exact) mass is 458 g/mol. The van der Waals surface area contributed by atoms with Crippen molar-refractivity contribution < 1.29 is 27.8 Å². The quantitative estimate of drug-likeness (QED) is 0.537. The van der Waals surface area contributed by atoms with E-state index in [1.807, 2.05) is 13.8 Å². The van der Waals surface area contributed by atoms with Gasteiger partial charge in [-0.25, -0.2) is 13.2 Å². The lowest BCUT2D eigenvalue weighted by molar-refractivity contribution is -0.0827. The zero-order valence-electron chi connectivity index (χ0n) is 20.0. The van der Waals surface area contributed by atoms with Crippen LogP contribution in [0.3, 0.4) is 0 Å². The summed E-state index contributed by atoms with van der Waals surface area (Å²) in [5.41, 5.74) is -2.15. The van der Waals surface area contributed by atoms with Gasteiger partial charge in [0.2, 0.25) is 10.0 Å². The Hall–Kier alpha value is -1.84. The van der Waals surface area contributed by atoms with Crippen molar-refractivity contribution in [3.8, 4) is 5.75 Å². The molecule has 1 aromatic carbocycles. The van der Waals surface area contributed by atoms with Crippen molar-refractivity contribution in [1.29, 1.82) is 0 Å². The van der Waals surface area contributed by atoms with Crippen LogP contribution in [0.15, 0.2) is 29.2 Å². The van der Waals surface area contributed by atoms with E-state index in [1.54, 1.807) is 32.9 Å². The van der Waals surface area contributed by atoms with Gasteiger partial charge in [-0.2, -0.15) is 4.31 Å². The molecule has 0 atom stereocenters. The Morgan fingerprint density at radius 3 is 2.03 bits per heavy atom. The molecule has 1 rings (SSSR count). The standard InChI is InChI=1S/C22H38N2O6S/c1-17(2)16-23(31(27,28)19-12-10-18(29-8)11-13-19)14-9-15-24(22(6,7)26)20(25)30-21(3,4)5/h10-13,17,26H,9,14-16H2,1-8H3. The molecule has 0 aliphatic carbocycles. The minimum atomic E-state index is -3.72. The van der Waals surface area contributed by atoms with Gasteiger partial charge in [0.15, 0.2) is 0 Å². The lowest BCUT2D eigenvalue weighted by Gasteiger charge is -2.36. The maximum absolute atomic E-state index is 13.2. The Bertz CT molecular complexity index is 808. The third kappa shape index (κ3) is 8.66. The van der Waals surface area contributed by atoms with E-state index in [1.165, 1.54) is 42.3 Å². The van der Waals surface area contributed by atoms with Crippen molar-refractivity contribution in [2.75, 3.05) is 26.7 Å². The number of aliphatic hydroxyl groups is 1. The molecule has 8 nitrogen and oxygen atoms in total. The molecule has 0 unspecified atom stereocenters. The van der Waals surface area contributed by atoms with Gasteiger partial charge in [-0.3, -0.25) is 4.90 Å². The Balaban J connectivity index is 2.99. The van der Waals surface area contributed by atoms with Gasteiger partial charge in [0.05, 0.1) is 12.0 Å². The molecular weight excluding hydrogens is 420 g/mol. The van der Waals surface area contributed by atoms with Crippen LogP contribution in [0, 0.1) is 5.92 Å². The molecule has 0 radical (unpaired) electrons. The number of amides is 1. The van der Waals surface area contributed by atoms with Gasteiger partial charge >= 0.3 is 6.09 Å². The fourth-order valence-electron chi connectivity index (χ4n) is 2.92. The normalized spacial score (nSPS) is 12.9. The van der Waals surface area contributed by atoms with Crippen LogP contribution in [-0.4, -0.2) is 66.9 Å². The van der Waals surface area contributed by atoms with E-state index in [2.05, 4.69) is 0 Å². The van der Waals surface area contributed by atoms with E-state index < -0.39 is 27.4 Å². The van der Waals surface area contributed by atoms with Gasteiger partial charge in [-0.1, -0.05) is 13.8 Å². The first kappa shape index (κ1) is 27.2. The third-order valence-electron chi connectivity index (χ3n) is 4.33. The number of ether oxygens (including phenoxy) is 2. The lowest BCUT2D eigenvalue weighted by atomic mass is 10.2. The Labute approximate surface area is 187 Å². The molecule has 1 amide bonds. The number of nitrogens with zero attached hydrogens (tertiary/aromatic N) is 2. The Kier molecular flexibility index (Phi) is 9.34. The first-order valence-corrected chi connectivity index (χ1v) is 11.9. The first-order chi connectivity index (χ1) is 14.1. The largest absolute Gasteiger partial charge is 0.497 e. The summed E-state index contributed by atoms with van der Waals surface area (Å²) in [7, 11) is -2.20. The summed E-state index contributed by atoms with van der Waals surface area (Å²) < 4.78 is 38.3. The Morgan fingerprint density at radius 1 is 1.06 bits per heavy atom. The third-order valence-corrected chi connectivity index (χ3v) is 6.21. The van der Waals surface area contributed by atoms with E-state index in [0.717, 1.165) is 0 Å². The smallest absolute Gasteiger partial charge is 0.412 e. The lowest BCUT2D eigenvalue weighted by Crippen LogP contribution is -2.50. The van der Waals surface area contributed by atoms with Crippen LogP contribution in [0.4, 0.5) is 4.79 Å². The van der Waals surface area contributed by atoms with E-state index in [4.69, 9.17) is 9.47 Å². The number of rotatable bonds is 10. The number of carbonyl (C=O) groups excluding carboxylic acids is 1. The minimum absolute atomic E-state index is 0.115. The van der Waals surface area contributed by atoms with Crippen LogP contribution < -0.4 is 4.74 Å². The number of benzene rings is 1. The second kappa shape index (κ2) is 10.7. The fraction of sp³-hybridized carbons (Fsp3) is 0.682. The number of hydrogen-bond acceptors (Lipinski definition) is 6. The molecule has 178 valence electrons. The number of methoxy groups -OCH3 is 1. The van der Waals surface area contributed by atoms with Crippen LogP contribution in [-0.2, 0) is 14.8 Å². The second-order valence-corrected chi connectivity index (χ2v) is 11.4. The van der Waals surface area contributed by atoms with Crippen LogP contribution >= 0.6 is 0 Å². The topological polar surface area (TPSA) is 96.4 Å². The summed E-state index contributed by atoms with van der Waals surface area (Å²) in [6.07, 6.45) is -0.306. The highest BCUT2D eigenvalue weighted by Crippen LogP contribution is 2.22. The number of sulfonamides is 1. The molecule has 0 bridgehead atoms. The maximum atomic E-state index is 13.2. The maximum Gasteiger partial charge on any atom is 0.412 e. The van der Waals surface area contributed by atoms with E-state index in [-0.39, 0.29) is 23.9 Å². The average molecular weight is 459 g/mol. The predicted octanol–water partition coefficient (Wildman–Crippen LogP) is 3.70. The van der Waals surface area contributed by atoms with Crippen LogP contribution in [0.25, 0.3) is 0 Å². The number of hydrogen-bond donors (Lipinski definition) is 1. The highest BCUT2D eigenvalue weighted by atomic mass is 32.2. The molecule has 0 aromatic heterocycles. The average Bonchev–Trinajstić information content (AvgIpc) is 2.61. The molecule has 0 aliphatic heterocycles. The molecule has 0 saturated carbocycles. The van der Waals surface area contributed by atoms with Gasteiger partial charge in [0, 0.05) is 19.6 Å². The van der Waals surface area contributed by atoms with Crippen molar-refractivity contribution >= 4 is 16.1 Å². The summed E-state index contributed by atoms with van der Waals surface area (Å²) >= 11 is 0. The van der Waals surface area contributed by atoms with E-state index >= 15 is 0 Å². The zero-order valence-corrected chi connectivity index (χ0v) is 20.8. The number of carbonyl (C=O) groups is 1. The summed E-state index contributed by atoms with van der Waals surface area (Å²) in [6, 6.07) is 6.26. The molecule has 1 N–H and O–H groups in total. The summed E-state index contributed by atoms with van der Waals surface area (Å²) in [4.78, 5) is 13.9. The van der Waals surface area contributed by atoms with Crippen LogP contribution in [0.5, 0.6) is 5.75 Å². The zero-order chi connectivity index (χ0) is 24.0. The van der Waals surface area contributed by atoms with Crippen molar-refractivity contribution in [2.24, 2.45) is 5.92 Å². The predicted molar refractivity (Wildman–Crippen MR) is 120 cm³/mol. The van der Waals surface area contributed by atoms with E-state index in [0.29, 0.717) is 18.7 Å². The van der Waals surface area contributed by atoms with Crippen molar-refractivity contribution in [3.05, 3.63) is 24.3 Å². The fourth-order valence-corrected chi connectivity index (χ4v) is 4.57. The second-order valence-electron chi connectivity index (χ2n) is 9.41. The minimum Gasteiger partial charge on any atom is -0.497 e. The molecule has 0 heterocycles. The van der Waals surface area contributed by atoms with Gasteiger partial charge in [0.25, 0.3) is 0 Å². The van der Waals surface area contributed by atoms with E-state index in [9.17, 15) is 18.3 Å². The molecule has 0 saturated heterocycles.